The minimum Gasteiger partial charge on any atom is -0.394 e. The molecule has 1 amide bonds. The van der Waals surface area contributed by atoms with E-state index in [9.17, 15) is 9.90 Å². The number of nitrogens with zero attached hydrogens (tertiary/aromatic N) is 1. The number of benzene rings is 1. The molecule has 1 aromatic carbocycles. The van der Waals surface area contributed by atoms with Crippen LogP contribution in [0.5, 0.6) is 0 Å². The lowest BCUT2D eigenvalue weighted by Gasteiger charge is -2.41. The van der Waals surface area contributed by atoms with Crippen molar-refractivity contribution in [2.45, 2.75) is 64.2 Å². The van der Waals surface area contributed by atoms with Crippen LogP contribution in [-0.4, -0.2) is 40.6 Å². The van der Waals surface area contributed by atoms with Crippen molar-refractivity contribution in [2.24, 2.45) is 0 Å². The van der Waals surface area contributed by atoms with E-state index in [0.29, 0.717) is 12.1 Å². The highest BCUT2D eigenvalue weighted by Gasteiger charge is 2.32. The largest absolute Gasteiger partial charge is 0.394 e. The van der Waals surface area contributed by atoms with E-state index in [1.165, 1.54) is 6.42 Å². The zero-order chi connectivity index (χ0) is 16.1. The van der Waals surface area contributed by atoms with E-state index >= 15 is 0 Å². The number of aliphatic hydroxyl groups is 1. The summed E-state index contributed by atoms with van der Waals surface area (Å²) in [6.45, 7) is 6.12. The van der Waals surface area contributed by atoms with Crippen molar-refractivity contribution in [1.29, 1.82) is 0 Å². The second-order valence-electron chi connectivity index (χ2n) is 6.41. The van der Waals surface area contributed by atoms with Gasteiger partial charge < -0.3 is 10.0 Å². The van der Waals surface area contributed by atoms with Gasteiger partial charge in [-0.25, -0.2) is 0 Å². The maximum atomic E-state index is 12.8. The second kappa shape index (κ2) is 7.75. The third-order valence-electron chi connectivity index (χ3n) is 4.65. The zero-order valence-electron chi connectivity index (χ0n) is 13.8. The molecule has 1 saturated heterocycles. The van der Waals surface area contributed by atoms with Crippen LogP contribution in [0.3, 0.4) is 0 Å². The topological polar surface area (TPSA) is 52.6 Å². The molecule has 1 fully saturated rings. The SMILES string of the molecule is CC(NC(CO)c1ccccc1)C(=O)N1C(C)CCCC1C. The Morgan fingerprint density at radius 1 is 1.27 bits per heavy atom. The molecule has 0 saturated carbocycles. The smallest absolute Gasteiger partial charge is 0.239 e. The van der Waals surface area contributed by atoms with Crippen molar-refractivity contribution in [3.8, 4) is 0 Å². The van der Waals surface area contributed by atoms with Crippen molar-refractivity contribution in [1.82, 2.24) is 10.2 Å². The average Bonchev–Trinajstić information content (AvgIpc) is 2.52. The molecule has 22 heavy (non-hydrogen) atoms. The molecular weight excluding hydrogens is 276 g/mol. The summed E-state index contributed by atoms with van der Waals surface area (Å²) in [5.74, 6) is 0.133. The molecule has 1 aromatic rings. The summed E-state index contributed by atoms with van der Waals surface area (Å²) in [6, 6.07) is 9.85. The number of carbonyl (C=O) groups excluding carboxylic acids is 1. The maximum Gasteiger partial charge on any atom is 0.239 e. The standard InChI is InChI=1S/C18H28N2O2/c1-13-8-7-9-14(2)20(13)18(22)15(3)19-17(12-21)16-10-5-4-6-11-16/h4-6,10-11,13-15,17,19,21H,7-9,12H2,1-3H3. The Morgan fingerprint density at radius 2 is 1.86 bits per heavy atom. The lowest BCUT2D eigenvalue weighted by Crippen LogP contribution is -2.54. The monoisotopic (exact) mass is 304 g/mol. The fraction of sp³-hybridized carbons (Fsp3) is 0.611. The highest BCUT2D eigenvalue weighted by Crippen LogP contribution is 2.23. The maximum absolute atomic E-state index is 12.8. The Hall–Kier alpha value is -1.39. The molecule has 0 aliphatic carbocycles. The first kappa shape index (κ1) is 17.0. The molecule has 4 atom stereocenters. The van der Waals surface area contributed by atoms with Gasteiger partial charge in [-0.2, -0.15) is 0 Å². The summed E-state index contributed by atoms with van der Waals surface area (Å²) in [5.41, 5.74) is 1.00. The summed E-state index contributed by atoms with van der Waals surface area (Å²) in [4.78, 5) is 14.8. The van der Waals surface area contributed by atoms with Gasteiger partial charge in [-0.15, -0.1) is 0 Å². The van der Waals surface area contributed by atoms with E-state index in [-0.39, 0.29) is 24.6 Å². The van der Waals surface area contributed by atoms with Gasteiger partial charge in [-0.05, 0) is 45.6 Å². The lowest BCUT2D eigenvalue weighted by molar-refractivity contribution is -0.139. The lowest BCUT2D eigenvalue weighted by atomic mass is 9.96. The van der Waals surface area contributed by atoms with Crippen LogP contribution in [0, 0.1) is 0 Å². The molecule has 0 radical (unpaired) electrons. The van der Waals surface area contributed by atoms with E-state index in [1.807, 2.05) is 42.2 Å². The molecule has 4 nitrogen and oxygen atoms in total. The van der Waals surface area contributed by atoms with Gasteiger partial charge in [-0.3, -0.25) is 10.1 Å². The van der Waals surface area contributed by atoms with Gasteiger partial charge in [0.25, 0.3) is 0 Å². The number of nitrogens with one attached hydrogen (secondary N) is 1. The van der Waals surface area contributed by atoms with E-state index in [4.69, 9.17) is 0 Å². The molecule has 1 aliphatic rings. The first-order valence-electron chi connectivity index (χ1n) is 8.28. The molecule has 0 bridgehead atoms. The summed E-state index contributed by atoms with van der Waals surface area (Å²) in [5, 5.41) is 12.9. The van der Waals surface area contributed by atoms with Gasteiger partial charge in [0.1, 0.15) is 0 Å². The highest BCUT2D eigenvalue weighted by atomic mass is 16.3. The summed E-state index contributed by atoms with van der Waals surface area (Å²) in [6.07, 6.45) is 3.34. The number of piperidine rings is 1. The van der Waals surface area contributed by atoms with Crippen molar-refractivity contribution < 1.29 is 9.90 Å². The molecular formula is C18H28N2O2. The van der Waals surface area contributed by atoms with Crippen LogP contribution in [0.1, 0.15) is 51.6 Å². The predicted molar refractivity (Wildman–Crippen MR) is 88.5 cm³/mol. The fourth-order valence-electron chi connectivity index (χ4n) is 3.39. The van der Waals surface area contributed by atoms with Crippen LogP contribution >= 0.6 is 0 Å². The third-order valence-corrected chi connectivity index (χ3v) is 4.65. The van der Waals surface area contributed by atoms with E-state index in [2.05, 4.69) is 19.2 Å². The molecule has 122 valence electrons. The number of amides is 1. The number of carbonyl (C=O) groups is 1. The van der Waals surface area contributed by atoms with E-state index in [0.717, 1.165) is 18.4 Å². The molecule has 4 heteroatoms. The van der Waals surface area contributed by atoms with E-state index in [1.54, 1.807) is 0 Å². The van der Waals surface area contributed by atoms with Crippen LogP contribution in [0.2, 0.25) is 0 Å². The summed E-state index contributed by atoms with van der Waals surface area (Å²) in [7, 11) is 0. The number of rotatable bonds is 5. The van der Waals surface area contributed by atoms with Crippen molar-refractivity contribution in [3.05, 3.63) is 35.9 Å². The molecule has 0 spiro atoms. The van der Waals surface area contributed by atoms with Gasteiger partial charge in [0.15, 0.2) is 0 Å². The number of hydrogen-bond acceptors (Lipinski definition) is 3. The number of hydrogen-bond donors (Lipinski definition) is 2. The summed E-state index contributed by atoms with van der Waals surface area (Å²) >= 11 is 0. The molecule has 4 unspecified atom stereocenters. The Labute approximate surface area is 133 Å². The fourth-order valence-corrected chi connectivity index (χ4v) is 3.39. The normalized spacial score (nSPS) is 24.8. The summed E-state index contributed by atoms with van der Waals surface area (Å²) < 4.78 is 0. The average molecular weight is 304 g/mol. The molecule has 2 N–H and O–H groups in total. The number of aliphatic hydroxyl groups excluding tert-OH is 1. The Balaban J connectivity index is 2.03. The van der Waals surface area contributed by atoms with Gasteiger partial charge >= 0.3 is 0 Å². The minimum absolute atomic E-state index is 0.0211. The third kappa shape index (κ3) is 3.87. The Kier molecular flexibility index (Phi) is 5.98. The van der Waals surface area contributed by atoms with Crippen LogP contribution < -0.4 is 5.32 Å². The van der Waals surface area contributed by atoms with Gasteiger partial charge in [0.2, 0.25) is 5.91 Å². The van der Waals surface area contributed by atoms with E-state index < -0.39 is 0 Å². The van der Waals surface area contributed by atoms with Crippen molar-refractivity contribution in [3.63, 3.8) is 0 Å². The van der Waals surface area contributed by atoms with Crippen LogP contribution in [0.25, 0.3) is 0 Å². The molecule has 1 aliphatic heterocycles. The Morgan fingerprint density at radius 3 is 2.41 bits per heavy atom. The van der Waals surface area contributed by atoms with Crippen LogP contribution in [0.4, 0.5) is 0 Å². The minimum atomic E-state index is -0.305. The zero-order valence-corrected chi connectivity index (χ0v) is 13.8. The second-order valence-corrected chi connectivity index (χ2v) is 6.41. The van der Waals surface area contributed by atoms with Gasteiger partial charge in [0.05, 0.1) is 18.7 Å². The van der Waals surface area contributed by atoms with Crippen LogP contribution in [-0.2, 0) is 4.79 Å². The predicted octanol–water partition coefficient (Wildman–Crippen LogP) is 2.49. The van der Waals surface area contributed by atoms with Gasteiger partial charge in [-0.1, -0.05) is 30.3 Å². The van der Waals surface area contributed by atoms with Crippen molar-refractivity contribution >= 4 is 5.91 Å². The van der Waals surface area contributed by atoms with Crippen molar-refractivity contribution in [2.75, 3.05) is 6.61 Å². The Bertz CT molecular complexity index is 467. The number of likely N-dealkylation sites (tertiary alicyclic amines) is 1. The molecule has 1 heterocycles. The molecule has 0 aromatic heterocycles. The quantitative estimate of drug-likeness (QED) is 0.879. The van der Waals surface area contributed by atoms with Gasteiger partial charge in [0, 0.05) is 12.1 Å². The molecule has 2 rings (SSSR count). The first-order valence-corrected chi connectivity index (χ1v) is 8.28. The van der Waals surface area contributed by atoms with Crippen LogP contribution in [0.15, 0.2) is 30.3 Å². The first-order chi connectivity index (χ1) is 10.5. The highest BCUT2D eigenvalue weighted by molar-refractivity contribution is 5.82.